The Labute approximate surface area is 88.5 Å². The number of anilines is 1. The average molecular weight is 210 g/mol. The predicted octanol–water partition coefficient (Wildman–Crippen LogP) is 1.75. The van der Waals surface area contributed by atoms with Crippen molar-refractivity contribution in [2.45, 2.75) is 19.9 Å². The van der Waals surface area contributed by atoms with E-state index in [4.69, 9.17) is 5.73 Å². The van der Waals surface area contributed by atoms with Gasteiger partial charge in [-0.1, -0.05) is 19.9 Å². The van der Waals surface area contributed by atoms with Gasteiger partial charge in [0.15, 0.2) is 0 Å². The molecule has 0 saturated carbocycles. The quantitative estimate of drug-likeness (QED) is 0.795. The van der Waals surface area contributed by atoms with Gasteiger partial charge in [-0.05, 0) is 24.1 Å². The number of benzene rings is 1. The van der Waals surface area contributed by atoms with Crippen molar-refractivity contribution in [3.05, 3.63) is 30.1 Å². The van der Waals surface area contributed by atoms with Gasteiger partial charge in [-0.25, -0.2) is 4.39 Å². The normalized spacial score (nSPS) is 12.5. The molecule has 1 aromatic carbocycles. The van der Waals surface area contributed by atoms with E-state index in [1.165, 1.54) is 12.1 Å². The van der Waals surface area contributed by atoms with Gasteiger partial charge < -0.3 is 11.1 Å². The fraction of sp³-hybridized carbons (Fsp3) is 0.364. The maximum atomic E-state index is 12.9. The first kappa shape index (κ1) is 11.5. The van der Waals surface area contributed by atoms with Gasteiger partial charge in [0.1, 0.15) is 11.9 Å². The van der Waals surface area contributed by atoms with E-state index in [1.54, 1.807) is 12.1 Å². The zero-order valence-corrected chi connectivity index (χ0v) is 8.83. The highest BCUT2D eigenvalue weighted by Crippen LogP contribution is 2.13. The van der Waals surface area contributed by atoms with Crippen LogP contribution in [0.2, 0.25) is 0 Å². The summed E-state index contributed by atoms with van der Waals surface area (Å²) in [6, 6.07) is 5.47. The molecule has 1 amide bonds. The first-order chi connectivity index (χ1) is 7.00. The van der Waals surface area contributed by atoms with Gasteiger partial charge in [0.2, 0.25) is 5.91 Å². The largest absolute Gasteiger partial charge is 0.373 e. The molecule has 0 spiro atoms. The van der Waals surface area contributed by atoms with Crippen LogP contribution < -0.4 is 11.1 Å². The third-order valence-corrected chi connectivity index (χ3v) is 2.12. The van der Waals surface area contributed by atoms with Crippen molar-refractivity contribution in [1.29, 1.82) is 0 Å². The second-order valence-electron chi connectivity index (χ2n) is 3.78. The fourth-order valence-electron chi connectivity index (χ4n) is 1.32. The Bertz CT molecular complexity index is 352. The number of nitrogens with two attached hydrogens (primary N) is 1. The van der Waals surface area contributed by atoms with Crippen molar-refractivity contribution < 1.29 is 9.18 Å². The summed E-state index contributed by atoms with van der Waals surface area (Å²) in [4.78, 5) is 11.1. The van der Waals surface area contributed by atoms with Crippen molar-refractivity contribution in [3.63, 3.8) is 0 Å². The van der Waals surface area contributed by atoms with E-state index < -0.39 is 11.9 Å². The molecule has 0 fully saturated rings. The number of halogens is 1. The average Bonchev–Trinajstić information content (AvgIpc) is 2.13. The topological polar surface area (TPSA) is 55.1 Å². The zero-order valence-electron chi connectivity index (χ0n) is 8.83. The van der Waals surface area contributed by atoms with Gasteiger partial charge in [-0.2, -0.15) is 0 Å². The highest BCUT2D eigenvalue weighted by molar-refractivity contribution is 5.83. The highest BCUT2D eigenvalue weighted by Gasteiger charge is 2.18. The standard InChI is InChI=1S/C11H15FN2O/c1-7(2)10(11(13)15)14-9-5-3-4-8(12)6-9/h3-7,10,14H,1-2H3,(H2,13,15)/t10-/m0/s1. The van der Waals surface area contributed by atoms with Crippen molar-refractivity contribution in [2.24, 2.45) is 11.7 Å². The van der Waals surface area contributed by atoms with Gasteiger partial charge in [0.05, 0.1) is 0 Å². The Kier molecular flexibility index (Phi) is 3.66. The molecule has 15 heavy (non-hydrogen) atoms. The second kappa shape index (κ2) is 4.77. The van der Waals surface area contributed by atoms with Crippen LogP contribution >= 0.6 is 0 Å². The summed E-state index contributed by atoms with van der Waals surface area (Å²) in [6.45, 7) is 3.75. The Morgan fingerprint density at radius 3 is 2.60 bits per heavy atom. The molecule has 3 nitrogen and oxygen atoms in total. The summed E-state index contributed by atoms with van der Waals surface area (Å²) in [5, 5.41) is 2.90. The summed E-state index contributed by atoms with van der Waals surface area (Å²) >= 11 is 0. The minimum atomic E-state index is -0.480. The molecule has 1 rings (SSSR count). The van der Waals surface area contributed by atoms with Crippen molar-refractivity contribution in [3.8, 4) is 0 Å². The summed E-state index contributed by atoms with van der Waals surface area (Å²) in [5.74, 6) is -0.716. The van der Waals surface area contributed by atoms with Crippen molar-refractivity contribution >= 4 is 11.6 Å². The number of hydrogen-bond acceptors (Lipinski definition) is 2. The number of carbonyl (C=O) groups is 1. The molecule has 0 bridgehead atoms. The third-order valence-electron chi connectivity index (χ3n) is 2.12. The molecule has 0 saturated heterocycles. The Balaban J connectivity index is 2.79. The maximum absolute atomic E-state index is 12.9. The third kappa shape index (κ3) is 3.23. The first-order valence-electron chi connectivity index (χ1n) is 4.82. The number of nitrogens with one attached hydrogen (secondary N) is 1. The smallest absolute Gasteiger partial charge is 0.240 e. The van der Waals surface area contributed by atoms with E-state index in [1.807, 2.05) is 13.8 Å². The Hall–Kier alpha value is -1.58. The predicted molar refractivity (Wildman–Crippen MR) is 57.8 cm³/mol. The SMILES string of the molecule is CC(C)[C@H](Nc1cccc(F)c1)C(N)=O. The number of primary amides is 1. The lowest BCUT2D eigenvalue weighted by Gasteiger charge is -2.20. The molecule has 0 aliphatic rings. The van der Waals surface area contributed by atoms with Crippen LogP contribution in [0.4, 0.5) is 10.1 Å². The molecule has 0 aliphatic heterocycles. The van der Waals surface area contributed by atoms with Crippen molar-refractivity contribution in [1.82, 2.24) is 0 Å². The van der Waals surface area contributed by atoms with Gasteiger partial charge in [-0.15, -0.1) is 0 Å². The van der Waals surface area contributed by atoms with Gasteiger partial charge in [-0.3, -0.25) is 4.79 Å². The molecule has 0 aliphatic carbocycles. The molecule has 4 heteroatoms. The minimum absolute atomic E-state index is 0.0609. The van der Waals surface area contributed by atoms with Crippen LogP contribution in [-0.4, -0.2) is 11.9 Å². The van der Waals surface area contributed by atoms with E-state index in [2.05, 4.69) is 5.32 Å². The molecule has 0 radical (unpaired) electrons. The van der Waals surface area contributed by atoms with E-state index in [0.29, 0.717) is 5.69 Å². The molecular formula is C11H15FN2O. The second-order valence-corrected chi connectivity index (χ2v) is 3.78. The molecule has 0 aromatic heterocycles. The lowest BCUT2D eigenvalue weighted by molar-refractivity contribution is -0.119. The van der Waals surface area contributed by atoms with Gasteiger partial charge >= 0.3 is 0 Å². The van der Waals surface area contributed by atoms with Crippen LogP contribution in [-0.2, 0) is 4.79 Å². The number of amides is 1. The van der Waals surface area contributed by atoms with Crippen LogP contribution in [0.25, 0.3) is 0 Å². The summed E-state index contributed by atoms with van der Waals surface area (Å²) < 4.78 is 12.9. The first-order valence-corrected chi connectivity index (χ1v) is 4.82. The molecule has 0 unspecified atom stereocenters. The monoisotopic (exact) mass is 210 g/mol. The summed E-state index contributed by atoms with van der Waals surface area (Å²) in [6.07, 6.45) is 0. The minimum Gasteiger partial charge on any atom is -0.373 e. The zero-order chi connectivity index (χ0) is 11.4. The number of rotatable bonds is 4. The number of hydrogen-bond donors (Lipinski definition) is 2. The van der Waals surface area contributed by atoms with E-state index in [0.717, 1.165) is 0 Å². The fourth-order valence-corrected chi connectivity index (χ4v) is 1.32. The molecule has 1 aromatic rings. The van der Waals surface area contributed by atoms with Crippen molar-refractivity contribution in [2.75, 3.05) is 5.32 Å². The maximum Gasteiger partial charge on any atom is 0.240 e. The molecule has 82 valence electrons. The lowest BCUT2D eigenvalue weighted by atomic mass is 10.0. The van der Waals surface area contributed by atoms with Crippen LogP contribution in [0.15, 0.2) is 24.3 Å². The van der Waals surface area contributed by atoms with Crippen LogP contribution in [0.5, 0.6) is 0 Å². The number of carbonyl (C=O) groups excluding carboxylic acids is 1. The highest BCUT2D eigenvalue weighted by atomic mass is 19.1. The molecule has 3 N–H and O–H groups in total. The molecule has 1 atom stereocenters. The molecular weight excluding hydrogens is 195 g/mol. The van der Waals surface area contributed by atoms with Crippen LogP contribution in [0, 0.1) is 11.7 Å². The van der Waals surface area contributed by atoms with E-state index >= 15 is 0 Å². The van der Waals surface area contributed by atoms with Crippen LogP contribution in [0.1, 0.15) is 13.8 Å². The van der Waals surface area contributed by atoms with Crippen LogP contribution in [0.3, 0.4) is 0 Å². The Morgan fingerprint density at radius 2 is 2.13 bits per heavy atom. The van der Waals surface area contributed by atoms with Gasteiger partial charge in [0, 0.05) is 5.69 Å². The lowest BCUT2D eigenvalue weighted by Crippen LogP contribution is -2.39. The van der Waals surface area contributed by atoms with Gasteiger partial charge in [0.25, 0.3) is 0 Å². The van der Waals surface area contributed by atoms with E-state index in [9.17, 15) is 9.18 Å². The Morgan fingerprint density at radius 1 is 1.47 bits per heavy atom. The van der Waals surface area contributed by atoms with E-state index in [-0.39, 0.29) is 11.7 Å². The summed E-state index contributed by atoms with van der Waals surface area (Å²) in [5.41, 5.74) is 5.79. The summed E-state index contributed by atoms with van der Waals surface area (Å²) in [7, 11) is 0. The molecule has 0 heterocycles.